The number of nitrogens with zero attached hydrogens (tertiary/aromatic N) is 1. The number of anilines is 2. The molecule has 0 saturated carbocycles. The molecule has 1 unspecified atom stereocenters. The SMILES string of the molecule is COc1cccc(/C=C(\NC(=O)c2ccccc2)C(=O)Nc2cccc(SC(C)C(=O)Nc3nc4ccc(C)cc4s3)c2)c1. The lowest BCUT2D eigenvalue weighted by atomic mass is 10.1. The number of methoxy groups -OCH3 is 1. The first-order valence-electron chi connectivity index (χ1n) is 13.8. The van der Waals surface area contributed by atoms with Gasteiger partial charge in [-0.2, -0.15) is 0 Å². The number of nitrogens with one attached hydrogen (secondary N) is 3. The van der Waals surface area contributed by atoms with Crippen molar-refractivity contribution in [3.05, 3.63) is 119 Å². The lowest BCUT2D eigenvalue weighted by Crippen LogP contribution is -2.30. The molecular formula is C34H30N4O4S2. The van der Waals surface area contributed by atoms with Crippen LogP contribution in [0.5, 0.6) is 5.75 Å². The molecule has 4 aromatic carbocycles. The zero-order valence-corrected chi connectivity index (χ0v) is 25.9. The largest absolute Gasteiger partial charge is 0.497 e. The Bertz CT molecular complexity index is 1850. The lowest BCUT2D eigenvalue weighted by molar-refractivity contribution is -0.115. The van der Waals surface area contributed by atoms with E-state index in [1.807, 2.05) is 50.2 Å². The Balaban J connectivity index is 1.29. The zero-order chi connectivity index (χ0) is 31.1. The molecule has 0 aliphatic carbocycles. The fraction of sp³-hybridized carbons (Fsp3) is 0.118. The molecule has 3 amide bonds. The highest BCUT2D eigenvalue weighted by atomic mass is 32.2. The summed E-state index contributed by atoms with van der Waals surface area (Å²) in [7, 11) is 1.56. The van der Waals surface area contributed by atoms with Crippen LogP contribution in [0.4, 0.5) is 10.8 Å². The minimum Gasteiger partial charge on any atom is -0.497 e. The summed E-state index contributed by atoms with van der Waals surface area (Å²) < 4.78 is 6.32. The van der Waals surface area contributed by atoms with Crippen molar-refractivity contribution in [3.8, 4) is 5.75 Å². The topological polar surface area (TPSA) is 109 Å². The first-order chi connectivity index (χ1) is 21.3. The van der Waals surface area contributed by atoms with E-state index in [9.17, 15) is 14.4 Å². The normalized spacial score (nSPS) is 11.9. The third-order valence-corrected chi connectivity index (χ3v) is 8.51. The van der Waals surface area contributed by atoms with E-state index in [-0.39, 0.29) is 11.6 Å². The van der Waals surface area contributed by atoms with Crippen molar-refractivity contribution in [3.63, 3.8) is 0 Å². The summed E-state index contributed by atoms with van der Waals surface area (Å²) in [5.74, 6) is -0.472. The molecule has 1 heterocycles. The number of ether oxygens (including phenoxy) is 1. The standard InChI is InChI=1S/C34H30N4O4S2/c1-21-15-16-28-30(17-21)44-34(37-28)38-31(39)22(2)43-27-14-8-12-25(20-27)35-33(41)29(19-23-9-7-13-26(18-23)42-3)36-32(40)24-10-5-4-6-11-24/h4-20,22H,1-3H3,(H,35,41)(H,36,40)(H,37,38,39)/b29-19-. The molecule has 222 valence electrons. The van der Waals surface area contributed by atoms with Gasteiger partial charge in [-0.25, -0.2) is 4.98 Å². The van der Waals surface area contributed by atoms with Crippen molar-refractivity contribution in [2.24, 2.45) is 0 Å². The van der Waals surface area contributed by atoms with E-state index in [4.69, 9.17) is 4.74 Å². The minimum absolute atomic E-state index is 0.0592. The second-order valence-electron chi connectivity index (χ2n) is 9.88. The van der Waals surface area contributed by atoms with E-state index in [1.54, 1.807) is 73.8 Å². The number of fused-ring (bicyclic) bond motifs is 1. The molecule has 5 rings (SSSR count). The van der Waals surface area contributed by atoms with Gasteiger partial charge in [-0.3, -0.25) is 14.4 Å². The number of thioether (sulfide) groups is 1. The number of carbonyl (C=O) groups is 3. The van der Waals surface area contributed by atoms with Crippen molar-refractivity contribution < 1.29 is 19.1 Å². The summed E-state index contributed by atoms with van der Waals surface area (Å²) in [4.78, 5) is 44.7. The molecule has 0 aliphatic heterocycles. The van der Waals surface area contributed by atoms with Crippen molar-refractivity contribution >= 4 is 67.9 Å². The Hall–Kier alpha value is -4.93. The van der Waals surface area contributed by atoms with E-state index >= 15 is 0 Å². The average Bonchev–Trinajstić information content (AvgIpc) is 3.42. The number of aromatic nitrogens is 1. The molecule has 0 saturated heterocycles. The molecule has 0 bridgehead atoms. The maximum atomic E-state index is 13.5. The number of hydrogen-bond acceptors (Lipinski definition) is 7. The molecule has 5 aromatic rings. The second kappa shape index (κ2) is 14.0. The Morgan fingerprint density at radius 2 is 1.70 bits per heavy atom. The highest BCUT2D eigenvalue weighted by Gasteiger charge is 2.18. The Morgan fingerprint density at radius 1 is 0.909 bits per heavy atom. The lowest BCUT2D eigenvalue weighted by Gasteiger charge is -2.14. The Morgan fingerprint density at radius 3 is 2.50 bits per heavy atom. The van der Waals surface area contributed by atoms with E-state index < -0.39 is 17.1 Å². The van der Waals surface area contributed by atoms with Gasteiger partial charge in [0.05, 0.1) is 22.6 Å². The smallest absolute Gasteiger partial charge is 0.272 e. The van der Waals surface area contributed by atoms with Gasteiger partial charge in [0, 0.05) is 16.1 Å². The van der Waals surface area contributed by atoms with E-state index in [0.717, 1.165) is 20.7 Å². The molecule has 0 spiro atoms. The zero-order valence-electron chi connectivity index (χ0n) is 24.3. The molecule has 44 heavy (non-hydrogen) atoms. The van der Waals surface area contributed by atoms with Crippen LogP contribution in [0.15, 0.2) is 108 Å². The molecule has 0 radical (unpaired) electrons. The second-order valence-corrected chi connectivity index (χ2v) is 12.3. The summed E-state index contributed by atoms with van der Waals surface area (Å²) in [5, 5.41) is 8.66. The van der Waals surface area contributed by atoms with Crippen molar-refractivity contribution in [2.45, 2.75) is 24.0 Å². The average molecular weight is 623 g/mol. The van der Waals surface area contributed by atoms with Gasteiger partial charge in [-0.1, -0.05) is 53.8 Å². The summed E-state index contributed by atoms with van der Waals surface area (Å²) in [6, 6.07) is 29.0. The van der Waals surface area contributed by atoms with E-state index in [2.05, 4.69) is 20.9 Å². The van der Waals surface area contributed by atoms with Crippen LogP contribution in [0.1, 0.15) is 28.4 Å². The van der Waals surface area contributed by atoms with Gasteiger partial charge in [-0.15, -0.1) is 11.8 Å². The van der Waals surface area contributed by atoms with Gasteiger partial charge in [-0.05, 0) is 85.6 Å². The van der Waals surface area contributed by atoms with Gasteiger partial charge in [0.1, 0.15) is 11.4 Å². The quantitative estimate of drug-likeness (QED) is 0.113. The fourth-order valence-corrected chi connectivity index (χ4v) is 6.13. The number of carbonyl (C=O) groups excluding carboxylic acids is 3. The molecule has 1 atom stereocenters. The summed E-state index contributed by atoms with van der Waals surface area (Å²) in [6.45, 7) is 3.84. The molecule has 0 aliphatic rings. The first-order valence-corrected chi connectivity index (χ1v) is 15.5. The first kappa shape index (κ1) is 30.5. The van der Waals surface area contributed by atoms with Crippen LogP contribution in [0.2, 0.25) is 0 Å². The third-order valence-electron chi connectivity index (χ3n) is 6.48. The maximum Gasteiger partial charge on any atom is 0.272 e. The van der Waals surface area contributed by atoms with Crippen molar-refractivity contribution in [1.82, 2.24) is 10.3 Å². The molecule has 10 heteroatoms. The predicted molar refractivity (Wildman–Crippen MR) is 178 cm³/mol. The molecular weight excluding hydrogens is 593 g/mol. The van der Waals surface area contributed by atoms with Crippen LogP contribution in [0.25, 0.3) is 16.3 Å². The number of thiazole rings is 1. The van der Waals surface area contributed by atoms with Crippen LogP contribution in [0, 0.1) is 6.92 Å². The van der Waals surface area contributed by atoms with Gasteiger partial charge in [0.15, 0.2) is 5.13 Å². The van der Waals surface area contributed by atoms with Crippen LogP contribution in [0.3, 0.4) is 0 Å². The number of amides is 3. The van der Waals surface area contributed by atoms with Crippen LogP contribution >= 0.6 is 23.1 Å². The summed E-state index contributed by atoms with van der Waals surface area (Å²) in [5.41, 5.74) is 3.65. The van der Waals surface area contributed by atoms with Gasteiger partial charge >= 0.3 is 0 Å². The van der Waals surface area contributed by atoms with E-state index in [0.29, 0.717) is 27.7 Å². The molecule has 1 aromatic heterocycles. The number of aryl methyl sites for hydroxylation is 1. The highest BCUT2D eigenvalue weighted by Crippen LogP contribution is 2.30. The Kier molecular flexibility index (Phi) is 9.73. The highest BCUT2D eigenvalue weighted by molar-refractivity contribution is 8.00. The number of rotatable bonds is 10. The van der Waals surface area contributed by atoms with Gasteiger partial charge in [0.2, 0.25) is 5.91 Å². The number of hydrogen-bond donors (Lipinski definition) is 3. The summed E-state index contributed by atoms with van der Waals surface area (Å²) in [6.07, 6.45) is 1.59. The van der Waals surface area contributed by atoms with E-state index in [1.165, 1.54) is 23.1 Å². The maximum absolute atomic E-state index is 13.5. The fourth-order valence-electron chi connectivity index (χ4n) is 4.24. The molecule has 3 N–H and O–H groups in total. The monoisotopic (exact) mass is 622 g/mol. The molecule has 0 fully saturated rings. The van der Waals surface area contributed by atoms with Crippen molar-refractivity contribution in [1.29, 1.82) is 0 Å². The van der Waals surface area contributed by atoms with Crippen molar-refractivity contribution in [2.75, 3.05) is 17.7 Å². The minimum atomic E-state index is -0.504. The Labute approximate surface area is 263 Å². The summed E-state index contributed by atoms with van der Waals surface area (Å²) >= 11 is 2.80. The van der Waals surface area contributed by atoms with Gasteiger partial charge in [0.25, 0.3) is 11.8 Å². The molecule has 8 nitrogen and oxygen atoms in total. The predicted octanol–water partition coefficient (Wildman–Crippen LogP) is 7.14. The third kappa shape index (κ3) is 7.91. The van der Waals surface area contributed by atoms with Gasteiger partial charge < -0.3 is 20.7 Å². The van der Waals surface area contributed by atoms with Crippen LogP contribution in [-0.4, -0.2) is 35.1 Å². The number of benzene rings is 4. The van der Waals surface area contributed by atoms with Crippen LogP contribution < -0.4 is 20.7 Å². The van der Waals surface area contributed by atoms with Crippen LogP contribution in [-0.2, 0) is 9.59 Å².